The van der Waals surface area contributed by atoms with E-state index in [2.05, 4.69) is 15.4 Å². The largest absolute Gasteiger partial charge is 0.481 e. The average Bonchev–Trinajstić information content (AvgIpc) is 2.45. The van der Waals surface area contributed by atoms with Crippen LogP contribution in [0.15, 0.2) is 0 Å². The Hall–Kier alpha value is -1.35. The Morgan fingerprint density at radius 2 is 1.76 bits per heavy atom. The summed E-state index contributed by atoms with van der Waals surface area (Å²) < 4.78 is 24.4. The Morgan fingerprint density at radius 3 is 2.29 bits per heavy atom. The zero-order chi connectivity index (χ0) is 15.9. The molecule has 0 saturated heterocycles. The van der Waals surface area contributed by atoms with Crippen molar-refractivity contribution in [3.05, 3.63) is 0 Å². The minimum absolute atomic E-state index is 0.0424. The monoisotopic (exact) mass is 321 g/mol. The molecule has 0 atom stereocenters. The fraction of sp³-hybridized carbons (Fsp3) is 0.833. The predicted molar refractivity (Wildman–Crippen MR) is 77.3 cm³/mol. The first kappa shape index (κ1) is 17.7. The lowest BCUT2D eigenvalue weighted by atomic mass is 9.82. The van der Waals surface area contributed by atoms with Gasteiger partial charge in [0, 0.05) is 13.1 Å². The topological polar surface area (TPSA) is 125 Å². The third-order valence-corrected chi connectivity index (χ3v) is 5.08. The fourth-order valence-electron chi connectivity index (χ4n) is 2.31. The van der Waals surface area contributed by atoms with Crippen LogP contribution in [0.2, 0.25) is 0 Å². The molecule has 9 heteroatoms. The van der Waals surface area contributed by atoms with Crippen molar-refractivity contribution in [2.45, 2.75) is 25.7 Å². The Balaban J connectivity index is 2.15. The Bertz CT molecular complexity index is 458. The summed E-state index contributed by atoms with van der Waals surface area (Å²) in [6.45, 7) is 0.526. The quantitative estimate of drug-likeness (QED) is 0.513. The number of carboxylic acid groups (broad SMARTS) is 1. The van der Waals surface area contributed by atoms with E-state index in [-0.39, 0.29) is 24.1 Å². The Labute approximate surface area is 124 Å². The average molecular weight is 321 g/mol. The van der Waals surface area contributed by atoms with Crippen LogP contribution in [0.5, 0.6) is 0 Å². The van der Waals surface area contributed by atoms with Gasteiger partial charge >= 0.3 is 12.0 Å². The smallest absolute Gasteiger partial charge is 0.314 e. The molecule has 0 aromatic heterocycles. The lowest BCUT2D eigenvalue weighted by Crippen LogP contribution is -2.41. The van der Waals surface area contributed by atoms with Gasteiger partial charge in [-0.1, -0.05) is 0 Å². The van der Waals surface area contributed by atoms with E-state index >= 15 is 0 Å². The molecular weight excluding hydrogens is 298 g/mol. The van der Waals surface area contributed by atoms with Crippen LogP contribution in [-0.4, -0.2) is 51.4 Å². The molecule has 0 aliphatic heterocycles. The van der Waals surface area contributed by atoms with E-state index in [9.17, 15) is 18.0 Å². The predicted octanol–water partition coefficient (Wildman–Crippen LogP) is -0.274. The van der Waals surface area contributed by atoms with Crippen molar-refractivity contribution in [1.82, 2.24) is 15.4 Å². The van der Waals surface area contributed by atoms with Crippen LogP contribution in [-0.2, 0) is 14.8 Å². The first-order valence-electron chi connectivity index (χ1n) is 7.00. The van der Waals surface area contributed by atoms with Gasteiger partial charge in [-0.25, -0.2) is 17.9 Å². The highest BCUT2D eigenvalue weighted by molar-refractivity contribution is 7.89. The zero-order valence-corrected chi connectivity index (χ0v) is 12.9. The molecule has 8 nitrogen and oxygen atoms in total. The third kappa shape index (κ3) is 6.76. The summed E-state index contributed by atoms with van der Waals surface area (Å²) in [6.07, 6.45) is 2.85. The van der Waals surface area contributed by atoms with Gasteiger partial charge in [-0.05, 0) is 38.6 Å². The Kier molecular flexibility index (Phi) is 6.90. The van der Waals surface area contributed by atoms with E-state index in [0.717, 1.165) is 12.8 Å². The van der Waals surface area contributed by atoms with Crippen molar-refractivity contribution in [1.29, 1.82) is 0 Å². The highest BCUT2D eigenvalue weighted by atomic mass is 32.2. The van der Waals surface area contributed by atoms with Crippen LogP contribution in [0.25, 0.3) is 0 Å². The molecule has 0 spiro atoms. The lowest BCUT2D eigenvalue weighted by Gasteiger charge is -2.26. The molecule has 0 unspecified atom stereocenters. The van der Waals surface area contributed by atoms with Crippen molar-refractivity contribution in [2.24, 2.45) is 11.8 Å². The molecule has 0 heterocycles. The maximum Gasteiger partial charge on any atom is 0.314 e. The highest BCUT2D eigenvalue weighted by Crippen LogP contribution is 2.28. The number of aliphatic carboxylic acids is 1. The number of carbonyl (C=O) groups is 2. The molecule has 122 valence electrons. The van der Waals surface area contributed by atoms with Crippen molar-refractivity contribution in [3.63, 3.8) is 0 Å². The maximum atomic E-state index is 11.5. The summed E-state index contributed by atoms with van der Waals surface area (Å²) in [6, 6.07) is -0.401. The molecule has 1 saturated carbocycles. The van der Waals surface area contributed by atoms with Crippen molar-refractivity contribution in [2.75, 3.05) is 25.9 Å². The molecule has 4 N–H and O–H groups in total. The van der Waals surface area contributed by atoms with Crippen molar-refractivity contribution < 1.29 is 23.1 Å². The standard InChI is InChI=1S/C12H23N3O5S/c1-13-21(19,20)7-6-14-12(18)15-8-9-2-4-10(5-3-9)11(16)17/h9-10,13H,2-8H2,1H3,(H,16,17)(H2,14,15,18). The first-order valence-corrected chi connectivity index (χ1v) is 8.65. The van der Waals surface area contributed by atoms with Crippen molar-refractivity contribution in [3.8, 4) is 0 Å². The van der Waals surface area contributed by atoms with Gasteiger partial charge in [-0.3, -0.25) is 4.79 Å². The normalized spacial score (nSPS) is 22.5. The van der Waals surface area contributed by atoms with Gasteiger partial charge in [0.05, 0.1) is 11.7 Å². The molecule has 2 amide bonds. The van der Waals surface area contributed by atoms with E-state index in [4.69, 9.17) is 5.11 Å². The molecule has 1 fully saturated rings. The molecular formula is C12H23N3O5S. The maximum absolute atomic E-state index is 11.5. The lowest BCUT2D eigenvalue weighted by molar-refractivity contribution is -0.143. The van der Waals surface area contributed by atoms with E-state index in [0.29, 0.717) is 19.4 Å². The summed E-state index contributed by atoms with van der Waals surface area (Å²) in [7, 11) is -1.99. The fourth-order valence-corrected chi connectivity index (χ4v) is 2.89. The van der Waals surface area contributed by atoms with Gasteiger partial charge in [-0.2, -0.15) is 0 Å². The van der Waals surface area contributed by atoms with Crippen LogP contribution in [0.3, 0.4) is 0 Å². The zero-order valence-electron chi connectivity index (χ0n) is 12.1. The molecule has 0 radical (unpaired) electrons. The van der Waals surface area contributed by atoms with Gasteiger partial charge in [0.1, 0.15) is 0 Å². The number of nitrogens with one attached hydrogen (secondary N) is 3. The van der Waals surface area contributed by atoms with Gasteiger partial charge in [0.25, 0.3) is 0 Å². The van der Waals surface area contributed by atoms with Crippen LogP contribution in [0.1, 0.15) is 25.7 Å². The van der Waals surface area contributed by atoms with Crippen LogP contribution < -0.4 is 15.4 Å². The summed E-state index contributed by atoms with van der Waals surface area (Å²) in [5.41, 5.74) is 0. The van der Waals surface area contributed by atoms with E-state index in [1.54, 1.807) is 0 Å². The number of sulfonamides is 1. The molecule has 1 aliphatic rings. The van der Waals surface area contributed by atoms with Gasteiger partial charge in [0.2, 0.25) is 10.0 Å². The van der Waals surface area contributed by atoms with E-state index in [1.165, 1.54) is 7.05 Å². The minimum Gasteiger partial charge on any atom is -0.481 e. The molecule has 1 aliphatic carbocycles. The number of hydrogen-bond donors (Lipinski definition) is 4. The second-order valence-corrected chi connectivity index (χ2v) is 7.26. The number of amides is 2. The molecule has 1 rings (SSSR count). The number of hydrogen-bond acceptors (Lipinski definition) is 4. The number of carbonyl (C=O) groups excluding carboxylic acids is 1. The SMILES string of the molecule is CNS(=O)(=O)CCNC(=O)NCC1CCC(C(=O)O)CC1. The summed E-state index contributed by atoms with van der Waals surface area (Å²) >= 11 is 0. The minimum atomic E-state index is -3.31. The summed E-state index contributed by atoms with van der Waals surface area (Å²) in [5, 5.41) is 14.1. The molecule has 21 heavy (non-hydrogen) atoms. The number of urea groups is 1. The Morgan fingerprint density at radius 1 is 1.14 bits per heavy atom. The highest BCUT2D eigenvalue weighted by Gasteiger charge is 2.25. The van der Waals surface area contributed by atoms with E-state index < -0.39 is 22.0 Å². The summed E-state index contributed by atoms with van der Waals surface area (Å²) in [5.74, 6) is -0.889. The van der Waals surface area contributed by atoms with Crippen LogP contribution in [0.4, 0.5) is 4.79 Å². The third-order valence-electron chi connectivity index (χ3n) is 3.71. The summed E-state index contributed by atoms with van der Waals surface area (Å²) in [4.78, 5) is 22.3. The van der Waals surface area contributed by atoms with Gasteiger partial charge in [-0.15, -0.1) is 0 Å². The van der Waals surface area contributed by atoms with Gasteiger partial charge in [0.15, 0.2) is 0 Å². The molecule has 0 aromatic carbocycles. The second-order valence-electron chi connectivity index (χ2n) is 5.22. The van der Waals surface area contributed by atoms with E-state index in [1.807, 2.05) is 0 Å². The first-order chi connectivity index (χ1) is 9.84. The number of rotatable bonds is 7. The van der Waals surface area contributed by atoms with Crippen molar-refractivity contribution >= 4 is 22.0 Å². The molecule has 0 bridgehead atoms. The van der Waals surface area contributed by atoms with Crippen LogP contribution in [0, 0.1) is 11.8 Å². The van der Waals surface area contributed by atoms with Crippen LogP contribution >= 0.6 is 0 Å². The molecule has 0 aromatic rings. The van der Waals surface area contributed by atoms with Gasteiger partial charge < -0.3 is 15.7 Å². The second kappa shape index (κ2) is 8.18. The number of carboxylic acids is 1.